The van der Waals surface area contributed by atoms with E-state index in [1.54, 1.807) is 7.11 Å². The minimum absolute atomic E-state index is 0.154. The SMILES string of the molecule is COc1ccc(C)cc1CC(=O)N(C)CCN1CCCCC1. The Morgan fingerprint density at radius 2 is 2.00 bits per heavy atom. The largest absolute Gasteiger partial charge is 0.496 e. The third-order valence-electron chi connectivity index (χ3n) is 4.40. The number of likely N-dealkylation sites (tertiary alicyclic amines) is 1. The number of amides is 1. The fourth-order valence-electron chi connectivity index (χ4n) is 2.94. The lowest BCUT2D eigenvalue weighted by Gasteiger charge is -2.28. The van der Waals surface area contributed by atoms with Crippen molar-refractivity contribution in [2.45, 2.75) is 32.6 Å². The molecule has 22 heavy (non-hydrogen) atoms. The van der Waals surface area contributed by atoms with E-state index >= 15 is 0 Å². The van der Waals surface area contributed by atoms with Gasteiger partial charge in [0.15, 0.2) is 0 Å². The van der Waals surface area contributed by atoms with Crippen LogP contribution in [0.2, 0.25) is 0 Å². The van der Waals surface area contributed by atoms with Crippen LogP contribution in [0.25, 0.3) is 0 Å². The van der Waals surface area contributed by atoms with E-state index in [2.05, 4.69) is 4.90 Å². The van der Waals surface area contributed by atoms with Crippen LogP contribution < -0.4 is 4.74 Å². The molecule has 0 bridgehead atoms. The Kier molecular flexibility index (Phi) is 6.25. The second kappa shape index (κ2) is 8.18. The number of rotatable bonds is 6. The number of carbonyl (C=O) groups is 1. The highest BCUT2D eigenvalue weighted by Gasteiger charge is 2.15. The van der Waals surface area contributed by atoms with Gasteiger partial charge in [-0.1, -0.05) is 24.1 Å². The number of methoxy groups -OCH3 is 1. The van der Waals surface area contributed by atoms with E-state index in [0.717, 1.165) is 30.0 Å². The minimum Gasteiger partial charge on any atom is -0.496 e. The lowest BCUT2D eigenvalue weighted by atomic mass is 10.1. The van der Waals surface area contributed by atoms with Crippen molar-refractivity contribution in [3.63, 3.8) is 0 Å². The van der Waals surface area contributed by atoms with Gasteiger partial charge in [-0.2, -0.15) is 0 Å². The Labute approximate surface area is 134 Å². The number of carbonyl (C=O) groups excluding carboxylic acids is 1. The Hall–Kier alpha value is -1.55. The first kappa shape index (κ1) is 16.8. The predicted octanol–water partition coefficient (Wildman–Crippen LogP) is 2.49. The maximum atomic E-state index is 12.4. The van der Waals surface area contributed by atoms with Gasteiger partial charge in [-0.05, 0) is 38.9 Å². The van der Waals surface area contributed by atoms with E-state index in [-0.39, 0.29) is 5.91 Å². The standard InChI is InChI=1S/C18H28N2O2/c1-15-7-8-17(22-3)16(13-15)14-18(21)19(2)11-12-20-9-5-4-6-10-20/h7-8,13H,4-6,9-12,14H2,1-3H3. The summed E-state index contributed by atoms with van der Waals surface area (Å²) in [6, 6.07) is 5.98. The van der Waals surface area contributed by atoms with Gasteiger partial charge in [0.25, 0.3) is 0 Å². The number of nitrogens with zero attached hydrogens (tertiary/aromatic N) is 2. The molecule has 0 spiro atoms. The van der Waals surface area contributed by atoms with Crippen LogP contribution >= 0.6 is 0 Å². The third-order valence-corrected chi connectivity index (χ3v) is 4.40. The molecule has 0 aromatic heterocycles. The lowest BCUT2D eigenvalue weighted by Crippen LogP contribution is -2.39. The Bertz CT molecular complexity index is 496. The van der Waals surface area contributed by atoms with E-state index < -0.39 is 0 Å². The molecule has 1 aliphatic rings. The molecule has 0 atom stereocenters. The van der Waals surface area contributed by atoms with Crippen LogP contribution in [0.3, 0.4) is 0 Å². The zero-order valence-corrected chi connectivity index (χ0v) is 14.1. The van der Waals surface area contributed by atoms with Gasteiger partial charge in [-0.25, -0.2) is 0 Å². The van der Waals surface area contributed by atoms with E-state index in [9.17, 15) is 4.79 Å². The number of benzene rings is 1. The van der Waals surface area contributed by atoms with Crippen LogP contribution in [0.4, 0.5) is 0 Å². The highest BCUT2D eigenvalue weighted by Crippen LogP contribution is 2.20. The summed E-state index contributed by atoms with van der Waals surface area (Å²) in [5.74, 6) is 0.948. The molecule has 0 saturated carbocycles. The molecule has 0 aliphatic carbocycles. The first-order valence-corrected chi connectivity index (χ1v) is 8.20. The molecular formula is C18H28N2O2. The van der Waals surface area contributed by atoms with Crippen LogP contribution in [0, 0.1) is 6.92 Å². The maximum absolute atomic E-state index is 12.4. The average Bonchev–Trinajstić information content (AvgIpc) is 2.53. The fraction of sp³-hybridized carbons (Fsp3) is 0.611. The first-order valence-electron chi connectivity index (χ1n) is 8.20. The van der Waals surface area contributed by atoms with E-state index in [1.807, 2.05) is 37.1 Å². The molecule has 4 nitrogen and oxygen atoms in total. The average molecular weight is 304 g/mol. The van der Waals surface area contributed by atoms with Gasteiger partial charge in [0.1, 0.15) is 5.75 Å². The molecule has 1 fully saturated rings. The first-order chi connectivity index (χ1) is 10.6. The van der Waals surface area contributed by atoms with Crippen molar-refractivity contribution < 1.29 is 9.53 Å². The summed E-state index contributed by atoms with van der Waals surface area (Å²) in [7, 11) is 3.55. The summed E-state index contributed by atoms with van der Waals surface area (Å²) in [6.45, 7) is 6.16. The quantitative estimate of drug-likeness (QED) is 0.809. The van der Waals surface area contributed by atoms with Crippen molar-refractivity contribution in [3.8, 4) is 5.75 Å². The van der Waals surface area contributed by atoms with Crippen LogP contribution in [0.5, 0.6) is 5.75 Å². The molecule has 1 aliphatic heterocycles. The van der Waals surface area contributed by atoms with Crippen molar-refractivity contribution in [1.82, 2.24) is 9.80 Å². The van der Waals surface area contributed by atoms with Crippen molar-refractivity contribution in [1.29, 1.82) is 0 Å². The Morgan fingerprint density at radius 3 is 2.68 bits per heavy atom. The molecule has 2 rings (SSSR count). The topological polar surface area (TPSA) is 32.8 Å². The molecule has 122 valence electrons. The number of hydrogen-bond acceptors (Lipinski definition) is 3. The Morgan fingerprint density at radius 1 is 1.27 bits per heavy atom. The van der Waals surface area contributed by atoms with Crippen LogP contribution in [-0.2, 0) is 11.2 Å². The molecule has 1 heterocycles. The van der Waals surface area contributed by atoms with E-state index in [1.165, 1.54) is 32.4 Å². The molecular weight excluding hydrogens is 276 g/mol. The normalized spacial score (nSPS) is 15.6. The second-order valence-corrected chi connectivity index (χ2v) is 6.21. The van der Waals surface area contributed by atoms with Gasteiger partial charge in [-0.15, -0.1) is 0 Å². The molecule has 0 N–H and O–H groups in total. The smallest absolute Gasteiger partial charge is 0.226 e. The molecule has 1 aromatic rings. The van der Waals surface area contributed by atoms with Crippen LogP contribution in [-0.4, -0.2) is 56.0 Å². The molecule has 0 unspecified atom stereocenters. The van der Waals surface area contributed by atoms with E-state index in [4.69, 9.17) is 4.74 Å². The third kappa shape index (κ3) is 4.73. The maximum Gasteiger partial charge on any atom is 0.226 e. The molecule has 0 radical (unpaired) electrons. The summed E-state index contributed by atoms with van der Waals surface area (Å²) in [6.07, 6.45) is 4.33. The summed E-state index contributed by atoms with van der Waals surface area (Å²) < 4.78 is 5.36. The zero-order chi connectivity index (χ0) is 15.9. The fourth-order valence-corrected chi connectivity index (χ4v) is 2.94. The molecule has 1 aromatic carbocycles. The van der Waals surface area contributed by atoms with Gasteiger partial charge in [0, 0.05) is 25.7 Å². The van der Waals surface area contributed by atoms with Gasteiger partial charge in [0.2, 0.25) is 5.91 Å². The van der Waals surface area contributed by atoms with E-state index in [0.29, 0.717) is 6.42 Å². The summed E-state index contributed by atoms with van der Waals surface area (Å²) in [4.78, 5) is 16.7. The summed E-state index contributed by atoms with van der Waals surface area (Å²) in [5, 5.41) is 0. The van der Waals surface area contributed by atoms with Crippen LogP contribution in [0.15, 0.2) is 18.2 Å². The van der Waals surface area contributed by atoms with Gasteiger partial charge >= 0.3 is 0 Å². The van der Waals surface area contributed by atoms with Crippen molar-refractivity contribution >= 4 is 5.91 Å². The van der Waals surface area contributed by atoms with Gasteiger partial charge in [-0.3, -0.25) is 4.79 Å². The van der Waals surface area contributed by atoms with Gasteiger partial charge < -0.3 is 14.5 Å². The number of likely N-dealkylation sites (N-methyl/N-ethyl adjacent to an activating group) is 1. The minimum atomic E-state index is 0.154. The predicted molar refractivity (Wildman–Crippen MR) is 89.4 cm³/mol. The zero-order valence-electron chi connectivity index (χ0n) is 14.1. The number of piperidine rings is 1. The van der Waals surface area contributed by atoms with Crippen LogP contribution in [0.1, 0.15) is 30.4 Å². The van der Waals surface area contributed by atoms with Crippen molar-refractivity contribution in [2.75, 3.05) is 40.3 Å². The Balaban J connectivity index is 1.86. The highest BCUT2D eigenvalue weighted by molar-refractivity contribution is 5.79. The molecule has 1 amide bonds. The number of hydrogen-bond donors (Lipinski definition) is 0. The molecule has 4 heteroatoms. The lowest BCUT2D eigenvalue weighted by molar-refractivity contribution is -0.129. The number of aryl methyl sites for hydroxylation is 1. The van der Waals surface area contributed by atoms with Gasteiger partial charge in [0.05, 0.1) is 13.5 Å². The second-order valence-electron chi connectivity index (χ2n) is 6.21. The summed E-state index contributed by atoms with van der Waals surface area (Å²) in [5.41, 5.74) is 2.12. The highest BCUT2D eigenvalue weighted by atomic mass is 16.5. The molecule has 1 saturated heterocycles. The van der Waals surface area contributed by atoms with Crippen molar-refractivity contribution in [2.24, 2.45) is 0 Å². The number of ether oxygens (including phenoxy) is 1. The van der Waals surface area contributed by atoms with Crippen molar-refractivity contribution in [3.05, 3.63) is 29.3 Å². The monoisotopic (exact) mass is 304 g/mol. The summed E-state index contributed by atoms with van der Waals surface area (Å²) >= 11 is 0.